The summed E-state index contributed by atoms with van der Waals surface area (Å²) in [6.07, 6.45) is 0. The monoisotopic (exact) mass is 226 g/mol. The molecule has 6 nitrogen and oxygen atoms in total. The Labute approximate surface area is 94.7 Å². The molecule has 1 heterocycles. The molecule has 0 saturated heterocycles. The molecular formula is C10H18N4O2. The van der Waals surface area contributed by atoms with Gasteiger partial charge in [0.05, 0.1) is 6.54 Å². The topological polar surface area (TPSA) is 80.0 Å². The first-order chi connectivity index (χ1) is 7.40. The smallest absolute Gasteiger partial charge is 0.322 e. The molecule has 1 aromatic heterocycles. The van der Waals surface area contributed by atoms with Crippen LogP contribution < -0.4 is 5.32 Å². The maximum Gasteiger partial charge on any atom is 0.322 e. The summed E-state index contributed by atoms with van der Waals surface area (Å²) < 4.78 is 1.61. The Morgan fingerprint density at radius 2 is 2.12 bits per heavy atom. The Balaban J connectivity index is 2.75. The van der Waals surface area contributed by atoms with Crippen LogP contribution in [0.5, 0.6) is 0 Å². The van der Waals surface area contributed by atoms with E-state index in [1.165, 1.54) is 0 Å². The van der Waals surface area contributed by atoms with Crippen molar-refractivity contribution in [3.63, 3.8) is 0 Å². The molecule has 1 unspecified atom stereocenters. The highest BCUT2D eigenvalue weighted by atomic mass is 16.4. The number of aliphatic carboxylic acids is 1. The lowest BCUT2D eigenvalue weighted by molar-refractivity contribution is -0.140. The molecule has 0 bridgehead atoms. The van der Waals surface area contributed by atoms with Crippen LogP contribution in [0.2, 0.25) is 0 Å². The van der Waals surface area contributed by atoms with Gasteiger partial charge in [0.25, 0.3) is 0 Å². The van der Waals surface area contributed by atoms with Crippen molar-refractivity contribution in [3.8, 4) is 0 Å². The second-order valence-corrected chi connectivity index (χ2v) is 4.10. The minimum absolute atomic E-state index is 0.117. The van der Waals surface area contributed by atoms with E-state index in [0.29, 0.717) is 12.4 Å². The van der Waals surface area contributed by atoms with Gasteiger partial charge in [0, 0.05) is 6.04 Å². The van der Waals surface area contributed by atoms with Crippen molar-refractivity contribution in [2.45, 2.75) is 46.3 Å². The van der Waals surface area contributed by atoms with Crippen molar-refractivity contribution < 1.29 is 9.90 Å². The van der Waals surface area contributed by atoms with E-state index in [1.54, 1.807) is 11.6 Å². The van der Waals surface area contributed by atoms with E-state index in [2.05, 4.69) is 15.4 Å². The van der Waals surface area contributed by atoms with E-state index in [0.717, 1.165) is 5.82 Å². The number of aromatic nitrogens is 3. The third-order valence-electron chi connectivity index (χ3n) is 2.15. The molecule has 0 saturated carbocycles. The Bertz CT molecular complexity index is 373. The summed E-state index contributed by atoms with van der Waals surface area (Å²) in [6.45, 7) is 7.72. The number of nitrogens with zero attached hydrogens (tertiary/aromatic N) is 3. The van der Waals surface area contributed by atoms with Gasteiger partial charge >= 0.3 is 5.97 Å². The van der Waals surface area contributed by atoms with Crippen LogP contribution in [0.15, 0.2) is 0 Å². The summed E-state index contributed by atoms with van der Waals surface area (Å²) >= 11 is 0. The molecule has 90 valence electrons. The van der Waals surface area contributed by atoms with E-state index in [4.69, 9.17) is 5.11 Å². The summed E-state index contributed by atoms with van der Waals surface area (Å²) in [5, 5.41) is 16.2. The number of nitrogens with one attached hydrogen (secondary N) is 1. The maximum absolute atomic E-state index is 11.0. The molecule has 0 aliphatic heterocycles. The normalized spacial score (nSPS) is 13.1. The maximum atomic E-state index is 11.0. The number of hydrogen-bond acceptors (Lipinski definition) is 4. The van der Waals surface area contributed by atoms with E-state index in [9.17, 15) is 4.79 Å². The first-order valence-corrected chi connectivity index (χ1v) is 5.27. The molecule has 0 radical (unpaired) electrons. The van der Waals surface area contributed by atoms with Crippen LogP contribution in [0, 0.1) is 13.8 Å². The van der Waals surface area contributed by atoms with Crippen LogP contribution in [0.1, 0.15) is 25.5 Å². The Kier molecular flexibility index (Phi) is 4.00. The number of rotatable bonds is 5. The standard InChI is InChI=1S/C10H18N4O2/c1-6(2)11-9(10(15)16)5-14-8(4)12-7(3)13-14/h6,9,11H,5H2,1-4H3,(H,15,16). The molecule has 1 atom stereocenters. The summed E-state index contributed by atoms with van der Waals surface area (Å²) in [4.78, 5) is 15.2. The van der Waals surface area contributed by atoms with E-state index in [-0.39, 0.29) is 6.04 Å². The van der Waals surface area contributed by atoms with Crippen LogP contribution in [0.4, 0.5) is 0 Å². The SMILES string of the molecule is Cc1nc(C)n(CC(NC(C)C)C(=O)O)n1. The number of carboxylic acid groups (broad SMARTS) is 1. The Morgan fingerprint density at radius 1 is 1.50 bits per heavy atom. The molecule has 2 N–H and O–H groups in total. The summed E-state index contributed by atoms with van der Waals surface area (Å²) in [6, 6.07) is -0.522. The molecule has 1 rings (SSSR count). The van der Waals surface area contributed by atoms with Gasteiger partial charge in [-0.15, -0.1) is 0 Å². The zero-order valence-corrected chi connectivity index (χ0v) is 10.1. The lowest BCUT2D eigenvalue weighted by atomic mass is 10.2. The fourth-order valence-electron chi connectivity index (χ4n) is 1.51. The largest absolute Gasteiger partial charge is 0.480 e. The molecule has 0 aromatic carbocycles. The average Bonchev–Trinajstić information content (AvgIpc) is 2.43. The van der Waals surface area contributed by atoms with Crippen molar-refractivity contribution in [1.29, 1.82) is 0 Å². The molecule has 16 heavy (non-hydrogen) atoms. The first-order valence-electron chi connectivity index (χ1n) is 5.27. The number of hydrogen-bond donors (Lipinski definition) is 2. The van der Waals surface area contributed by atoms with Gasteiger partial charge in [-0.2, -0.15) is 5.10 Å². The van der Waals surface area contributed by atoms with Crippen LogP contribution in [0.3, 0.4) is 0 Å². The second-order valence-electron chi connectivity index (χ2n) is 4.10. The highest BCUT2D eigenvalue weighted by Gasteiger charge is 2.20. The number of carbonyl (C=O) groups is 1. The zero-order valence-electron chi connectivity index (χ0n) is 10.1. The quantitative estimate of drug-likeness (QED) is 0.757. The molecule has 0 aliphatic rings. The second kappa shape index (κ2) is 5.07. The van der Waals surface area contributed by atoms with Crippen molar-refractivity contribution in [3.05, 3.63) is 11.6 Å². The van der Waals surface area contributed by atoms with Crippen LogP contribution in [0.25, 0.3) is 0 Å². The minimum Gasteiger partial charge on any atom is -0.480 e. The Morgan fingerprint density at radius 3 is 2.50 bits per heavy atom. The van der Waals surface area contributed by atoms with Gasteiger partial charge < -0.3 is 10.4 Å². The van der Waals surface area contributed by atoms with Gasteiger partial charge in [0.2, 0.25) is 0 Å². The van der Waals surface area contributed by atoms with E-state index in [1.807, 2.05) is 20.8 Å². The van der Waals surface area contributed by atoms with Gasteiger partial charge in [-0.05, 0) is 13.8 Å². The Hall–Kier alpha value is -1.43. The number of carboxylic acids is 1. The number of aryl methyl sites for hydroxylation is 2. The average molecular weight is 226 g/mol. The lowest BCUT2D eigenvalue weighted by Gasteiger charge is -2.17. The summed E-state index contributed by atoms with van der Waals surface area (Å²) in [5.41, 5.74) is 0. The third kappa shape index (κ3) is 3.30. The van der Waals surface area contributed by atoms with Crippen LogP contribution >= 0.6 is 0 Å². The van der Waals surface area contributed by atoms with E-state index >= 15 is 0 Å². The van der Waals surface area contributed by atoms with Crippen molar-refractivity contribution >= 4 is 5.97 Å². The van der Waals surface area contributed by atoms with Gasteiger partial charge in [0.1, 0.15) is 17.7 Å². The highest BCUT2D eigenvalue weighted by Crippen LogP contribution is 1.99. The third-order valence-corrected chi connectivity index (χ3v) is 2.15. The molecular weight excluding hydrogens is 208 g/mol. The molecule has 6 heteroatoms. The van der Waals surface area contributed by atoms with Gasteiger partial charge in [0.15, 0.2) is 0 Å². The van der Waals surface area contributed by atoms with Crippen LogP contribution in [-0.4, -0.2) is 37.9 Å². The molecule has 0 amide bonds. The minimum atomic E-state index is -0.874. The molecule has 0 spiro atoms. The lowest BCUT2D eigenvalue weighted by Crippen LogP contribution is -2.44. The molecule has 0 fully saturated rings. The van der Waals surface area contributed by atoms with Gasteiger partial charge in [-0.3, -0.25) is 4.79 Å². The molecule has 1 aromatic rings. The van der Waals surface area contributed by atoms with Gasteiger partial charge in [-0.25, -0.2) is 9.67 Å². The fraction of sp³-hybridized carbons (Fsp3) is 0.700. The predicted octanol–water partition coefficient (Wildman–Crippen LogP) is 0.346. The molecule has 0 aliphatic carbocycles. The van der Waals surface area contributed by atoms with Gasteiger partial charge in [-0.1, -0.05) is 13.8 Å². The predicted molar refractivity (Wildman–Crippen MR) is 59.2 cm³/mol. The summed E-state index contributed by atoms with van der Waals surface area (Å²) in [7, 11) is 0. The van der Waals surface area contributed by atoms with Crippen molar-refractivity contribution in [1.82, 2.24) is 20.1 Å². The first kappa shape index (κ1) is 12.6. The van der Waals surface area contributed by atoms with E-state index < -0.39 is 12.0 Å². The van der Waals surface area contributed by atoms with Crippen LogP contribution in [-0.2, 0) is 11.3 Å². The van der Waals surface area contributed by atoms with Crippen molar-refractivity contribution in [2.75, 3.05) is 0 Å². The fourth-order valence-corrected chi connectivity index (χ4v) is 1.51. The highest BCUT2D eigenvalue weighted by molar-refractivity contribution is 5.73. The van der Waals surface area contributed by atoms with Crippen molar-refractivity contribution in [2.24, 2.45) is 0 Å². The zero-order chi connectivity index (χ0) is 12.3. The summed E-state index contributed by atoms with van der Waals surface area (Å²) in [5.74, 6) is 0.516.